The molecule has 1 aromatic rings. The van der Waals surface area contributed by atoms with Gasteiger partial charge in [0, 0.05) is 49.4 Å². The number of hydrogen-bond acceptors (Lipinski definition) is 3. The smallest absolute Gasteiger partial charge is 0.227 e. The first-order valence-corrected chi connectivity index (χ1v) is 11.7. The molecule has 1 aromatic carbocycles. The van der Waals surface area contributed by atoms with Crippen molar-refractivity contribution < 1.29 is 9.59 Å². The normalized spacial score (nSPS) is 21.8. The topological polar surface area (TPSA) is 52.7 Å². The van der Waals surface area contributed by atoms with Crippen LogP contribution in [0, 0.1) is 11.8 Å². The molecule has 1 saturated heterocycles. The maximum atomic E-state index is 12.7. The molecule has 29 heavy (non-hydrogen) atoms. The molecule has 0 bridgehead atoms. The summed E-state index contributed by atoms with van der Waals surface area (Å²) < 4.78 is 0. The second kappa shape index (κ2) is 9.64. The maximum absolute atomic E-state index is 12.7. The third-order valence-electron chi connectivity index (χ3n) is 7.02. The van der Waals surface area contributed by atoms with E-state index in [2.05, 4.69) is 27.2 Å². The van der Waals surface area contributed by atoms with Gasteiger partial charge in [0.25, 0.3) is 0 Å². The van der Waals surface area contributed by atoms with Crippen LogP contribution in [0.15, 0.2) is 24.3 Å². The van der Waals surface area contributed by atoms with Crippen molar-refractivity contribution >= 4 is 23.2 Å². The minimum absolute atomic E-state index is 0.173. The summed E-state index contributed by atoms with van der Waals surface area (Å²) in [4.78, 5) is 29.6. The predicted octanol–water partition coefficient (Wildman–Crippen LogP) is 4.43. The van der Waals surface area contributed by atoms with Crippen molar-refractivity contribution in [3.63, 3.8) is 0 Å². The fourth-order valence-corrected chi connectivity index (χ4v) is 5.16. The molecule has 3 aliphatic rings. The van der Waals surface area contributed by atoms with Crippen molar-refractivity contribution in [2.75, 3.05) is 36.4 Å². The van der Waals surface area contributed by atoms with E-state index in [4.69, 9.17) is 0 Å². The Balaban J connectivity index is 1.26. The highest BCUT2D eigenvalue weighted by Crippen LogP contribution is 2.28. The van der Waals surface area contributed by atoms with Crippen LogP contribution in [0.5, 0.6) is 0 Å². The number of hydrogen-bond donors (Lipinski definition) is 1. The summed E-state index contributed by atoms with van der Waals surface area (Å²) in [7, 11) is 0. The van der Waals surface area contributed by atoms with Gasteiger partial charge in [-0.05, 0) is 49.9 Å². The number of nitrogens with one attached hydrogen (secondary N) is 1. The first-order valence-electron chi connectivity index (χ1n) is 11.7. The minimum Gasteiger partial charge on any atom is -0.368 e. The minimum atomic E-state index is 0.173. The first-order chi connectivity index (χ1) is 14.2. The molecule has 0 aromatic heterocycles. The zero-order chi connectivity index (χ0) is 20.1. The van der Waals surface area contributed by atoms with Gasteiger partial charge in [-0.1, -0.05) is 38.5 Å². The predicted molar refractivity (Wildman–Crippen MR) is 117 cm³/mol. The molecule has 2 amide bonds. The van der Waals surface area contributed by atoms with Crippen LogP contribution in [-0.2, 0) is 9.59 Å². The van der Waals surface area contributed by atoms with E-state index in [0.717, 1.165) is 57.5 Å². The Morgan fingerprint density at radius 2 is 1.28 bits per heavy atom. The molecule has 0 spiro atoms. The summed E-state index contributed by atoms with van der Waals surface area (Å²) in [6.45, 7) is 3.39. The Labute approximate surface area is 174 Å². The van der Waals surface area contributed by atoms with Crippen LogP contribution < -0.4 is 10.2 Å². The number of piperazine rings is 1. The third kappa shape index (κ3) is 5.12. The Hall–Kier alpha value is -2.04. The van der Waals surface area contributed by atoms with Gasteiger partial charge in [0.2, 0.25) is 11.8 Å². The number of anilines is 2. The zero-order valence-corrected chi connectivity index (χ0v) is 17.6. The van der Waals surface area contributed by atoms with Gasteiger partial charge in [0.1, 0.15) is 0 Å². The maximum Gasteiger partial charge on any atom is 0.227 e. The van der Waals surface area contributed by atoms with Crippen molar-refractivity contribution in [1.29, 1.82) is 0 Å². The second-order valence-corrected chi connectivity index (χ2v) is 9.02. The molecular formula is C24H35N3O2. The van der Waals surface area contributed by atoms with Crippen LogP contribution in [0.3, 0.4) is 0 Å². The lowest BCUT2D eigenvalue weighted by Crippen LogP contribution is -2.50. The molecule has 3 fully saturated rings. The van der Waals surface area contributed by atoms with Crippen LogP contribution in [0.2, 0.25) is 0 Å². The van der Waals surface area contributed by atoms with Gasteiger partial charge in [0.15, 0.2) is 0 Å². The van der Waals surface area contributed by atoms with E-state index in [1.807, 2.05) is 12.1 Å². The van der Waals surface area contributed by atoms with Crippen LogP contribution in [0.4, 0.5) is 11.4 Å². The summed E-state index contributed by atoms with van der Waals surface area (Å²) in [6, 6.07) is 8.20. The van der Waals surface area contributed by atoms with Gasteiger partial charge < -0.3 is 15.1 Å². The molecule has 1 heterocycles. The van der Waals surface area contributed by atoms with E-state index in [1.165, 1.54) is 44.2 Å². The molecular weight excluding hydrogens is 362 g/mol. The quantitative estimate of drug-likeness (QED) is 0.817. The van der Waals surface area contributed by atoms with Gasteiger partial charge in [-0.2, -0.15) is 0 Å². The lowest BCUT2D eigenvalue weighted by Gasteiger charge is -2.38. The number of carbonyl (C=O) groups excluding carboxylic acids is 2. The van der Waals surface area contributed by atoms with E-state index in [9.17, 15) is 9.59 Å². The van der Waals surface area contributed by atoms with Gasteiger partial charge >= 0.3 is 0 Å². The number of benzene rings is 1. The molecule has 0 atom stereocenters. The Bertz CT molecular complexity index is 683. The van der Waals surface area contributed by atoms with Crippen molar-refractivity contribution in [3.8, 4) is 0 Å². The molecule has 2 saturated carbocycles. The van der Waals surface area contributed by atoms with E-state index >= 15 is 0 Å². The average molecular weight is 398 g/mol. The summed E-state index contributed by atoms with van der Waals surface area (Å²) in [5, 5.41) is 3.09. The molecule has 2 aliphatic carbocycles. The largest absolute Gasteiger partial charge is 0.368 e. The Morgan fingerprint density at radius 3 is 1.86 bits per heavy atom. The van der Waals surface area contributed by atoms with Crippen molar-refractivity contribution in [3.05, 3.63) is 24.3 Å². The Kier molecular flexibility index (Phi) is 6.73. The van der Waals surface area contributed by atoms with Gasteiger partial charge in [-0.25, -0.2) is 0 Å². The van der Waals surface area contributed by atoms with Crippen molar-refractivity contribution in [2.45, 2.75) is 64.2 Å². The Morgan fingerprint density at radius 1 is 0.724 bits per heavy atom. The highest BCUT2D eigenvalue weighted by molar-refractivity contribution is 5.92. The lowest BCUT2D eigenvalue weighted by atomic mass is 9.88. The van der Waals surface area contributed by atoms with Crippen LogP contribution in [0.25, 0.3) is 0 Å². The zero-order valence-electron chi connectivity index (χ0n) is 17.6. The molecule has 158 valence electrons. The van der Waals surface area contributed by atoms with Crippen molar-refractivity contribution in [2.24, 2.45) is 11.8 Å². The lowest BCUT2D eigenvalue weighted by molar-refractivity contribution is -0.136. The van der Waals surface area contributed by atoms with Crippen molar-refractivity contribution in [1.82, 2.24) is 4.90 Å². The summed E-state index contributed by atoms with van der Waals surface area (Å²) in [6.07, 6.45) is 11.5. The number of nitrogens with zero attached hydrogens (tertiary/aromatic N) is 2. The standard InChI is InChI=1S/C24H35N3O2/c28-23(19-7-3-1-4-8-19)25-21-11-13-22(14-12-21)26-15-17-27(18-16-26)24(29)20-9-5-2-6-10-20/h11-14,19-20H,1-10,15-18H2,(H,25,28). The highest BCUT2D eigenvalue weighted by Gasteiger charge is 2.28. The van der Waals surface area contributed by atoms with Crippen LogP contribution >= 0.6 is 0 Å². The average Bonchev–Trinajstić information content (AvgIpc) is 2.80. The summed E-state index contributed by atoms with van der Waals surface area (Å²) in [5.41, 5.74) is 2.06. The monoisotopic (exact) mass is 397 g/mol. The van der Waals surface area contributed by atoms with Gasteiger partial charge in [0.05, 0.1) is 0 Å². The first kappa shape index (κ1) is 20.2. The molecule has 0 radical (unpaired) electrons. The SMILES string of the molecule is O=C(Nc1ccc(N2CCN(C(=O)C3CCCCC3)CC2)cc1)C1CCCCC1. The molecule has 4 rings (SSSR count). The number of carbonyl (C=O) groups is 2. The van der Waals surface area contributed by atoms with E-state index in [1.54, 1.807) is 0 Å². The van der Waals surface area contributed by atoms with Gasteiger partial charge in [-0.15, -0.1) is 0 Å². The third-order valence-corrected chi connectivity index (χ3v) is 7.02. The molecule has 1 N–H and O–H groups in total. The fourth-order valence-electron chi connectivity index (χ4n) is 5.16. The summed E-state index contributed by atoms with van der Waals surface area (Å²) >= 11 is 0. The summed E-state index contributed by atoms with van der Waals surface area (Å²) in [5.74, 6) is 0.998. The van der Waals surface area contributed by atoms with Crippen LogP contribution in [0.1, 0.15) is 64.2 Å². The van der Waals surface area contributed by atoms with E-state index < -0.39 is 0 Å². The molecule has 1 aliphatic heterocycles. The van der Waals surface area contributed by atoms with Crippen LogP contribution in [-0.4, -0.2) is 42.9 Å². The molecule has 0 unspecified atom stereocenters. The highest BCUT2D eigenvalue weighted by atomic mass is 16.2. The fraction of sp³-hybridized carbons (Fsp3) is 0.667. The number of amides is 2. The second-order valence-electron chi connectivity index (χ2n) is 9.02. The number of rotatable bonds is 4. The molecule has 5 nitrogen and oxygen atoms in total. The van der Waals surface area contributed by atoms with Gasteiger partial charge in [-0.3, -0.25) is 9.59 Å². The van der Waals surface area contributed by atoms with E-state index in [-0.39, 0.29) is 17.7 Å². The van der Waals surface area contributed by atoms with E-state index in [0.29, 0.717) is 5.91 Å². The molecule has 5 heteroatoms.